The van der Waals surface area contributed by atoms with Crippen molar-refractivity contribution >= 4 is 35.2 Å². The van der Waals surface area contributed by atoms with Gasteiger partial charge in [-0.05, 0) is 81.9 Å². The number of rotatable bonds is 5. The third-order valence-electron chi connectivity index (χ3n) is 5.15. The van der Waals surface area contributed by atoms with Crippen LogP contribution in [-0.2, 0) is 9.59 Å². The van der Waals surface area contributed by atoms with E-state index >= 15 is 0 Å². The maximum atomic E-state index is 12.9. The van der Waals surface area contributed by atoms with E-state index in [0.717, 1.165) is 28.4 Å². The first-order chi connectivity index (χ1) is 13.8. The van der Waals surface area contributed by atoms with Crippen molar-refractivity contribution in [2.24, 2.45) is 0 Å². The second-order valence-electron chi connectivity index (χ2n) is 6.80. The zero-order chi connectivity index (χ0) is 21.3. The molecule has 152 valence electrons. The van der Waals surface area contributed by atoms with E-state index in [2.05, 4.69) is 4.57 Å². The minimum Gasteiger partial charge on any atom is -0.497 e. The van der Waals surface area contributed by atoms with Gasteiger partial charge >= 0.3 is 0 Å². The number of aryl methyl sites for hydroxylation is 1. The van der Waals surface area contributed by atoms with Crippen LogP contribution in [0.4, 0.5) is 0 Å². The Balaban J connectivity index is 2.06. The van der Waals surface area contributed by atoms with E-state index in [4.69, 9.17) is 17.0 Å². The molecule has 0 unspecified atom stereocenters. The zero-order valence-corrected chi connectivity index (χ0v) is 18.2. The highest BCUT2D eigenvalue weighted by Gasteiger charge is 2.38. The van der Waals surface area contributed by atoms with Gasteiger partial charge in [0.15, 0.2) is 5.11 Å². The Morgan fingerprint density at radius 3 is 2.03 bits per heavy atom. The van der Waals surface area contributed by atoms with Crippen molar-refractivity contribution in [1.29, 1.82) is 0 Å². The van der Waals surface area contributed by atoms with Gasteiger partial charge in [0.05, 0.1) is 7.11 Å². The van der Waals surface area contributed by atoms with Gasteiger partial charge in [0.1, 0.15) is 11.3 Å². The number of aromatic nitrogens is 1. The molecule has 2 aromatic rings. The molecule has 6 nitrogen and oxygen atoms in total. The number of carbonyl (C=O) groups excluding carboxylic acids is 2. The average molecular weight is 412 g/mol. The molecule has 0 aliphatic carbocycles. The number of thiocarbonyl (C=S) groups is 1. The Kier molecular flexibility index (Phi) is 5.88. The lowest BCUT2D eigenvalue weighted by Crippen LogP contribution is -2.55. The SMILES string of the molecule is CCN1C(=O)C(=Cc2cc(C)n(-c3ccc(OC)cc3)c2C)C(=O)N(CC)C1=S. The Bertz CT molecular complexity index is 977. The Morgan fingerprint density at radius 1 is 1.00 bits per heavy atom. The van der Waals surface area contributed by atoms with E-state index in [0.29, 0.717) is 13.1 Å². The topological polar surface area (TPSA) is 54.8 Å². The first-order valence-corrected chi connectivity index (χ1v) is 9.97. The van der Waals surface area contributed by atoms with Gasteiger partial charge < -0.3 is 9.30 Å². The van der Waals surface area contributed by atoms with Gasteiger partial charge in [0.2, 0.25) is 0 Å². The van der Waals surface area contributed by atoms with Crippen LogP contribution < -0.4 is 4.74 Å². The van der Waals surface area contributed by atoms with Crippen LogP contribution in [0.25, 0.3) is 11.8 Å². The molecule has 1 aromatic carbocycles. The highest BCUT2D eigenvalue weighted by atomic mass is 32.1. The minimum absolute atomic E-state index is 0.136. The summed E-state index contributed by atoms with van der Waals surface area (Å²) in [6.45, 7) is 8.51. The fourth-order valence-electron chi connectivity index (χ4n) is 3.60. The van der Waals surface area contributed by atoms with Gasteiger partial charge in [-0.25, -0.2) is 0 Å². The van der Waals surface area contributed by atoms with Crippen LogP contribution in [0.5, 0.6) is 5.75 Å². The molecule has 1 aliphatic rings. The van der Waals surface area contributed by atoms with Crippen molar-refractivity contribution in [3.8, 4) is 11.4 Å². The summed E-state index contributed by atoms with van der Waals surface area (Å²) in [5.41, 5.74) is 3.90. The summed E-state index contributed by atoms with van der Waals surface area (Å²) in [6, 6.07) is 9.73. The molecule has 1 aromatic heterocycles. The van der Waals surface area contributed by atoms with Crippen LogP contribution in [0.1, 0.15) is 30.8 Å². The number of benzene rings is 1. The molecule has 0 bridgehead atoms. The molecule has 1 fully saturated rings. The Morgan fingerprint density at radius 2 is 1.55 bits per heavy atom. The van der Waals surface area contributed by atoms with Crippen LogP contribution >= 0.6 is 12.2 Å². The first kappa shape index (κ1) is 20.8. The maximum Gasteiger partial charge on any atom is 0.265 e. The summed E-state index contributed by atoms with van der Waals surface area (Å²) in [5.74, 6) is 0.0927. The third-order valence-corrected chi connectivity index (χ3v) is 5.59. The van der Waals surface area contributed by atoms with Crippen LogP contribution in [0.15, 0.2) is 35.9 Å². The summed E-state index contributed by atoms with van der Waals surface area (Å²) in [4.78, 5) is 28.7. The predicted octanol–water partition coefficient (Wildman–Crippen LogP) is 3.48. The van der Waals surface area contributed by atoms with Crippen molar-refractivity contribution in [2.45, 2.75) is 27.7 Å². The molecule has 3 rings (SSSR count). The van der Waals surface area contributed by atoms with Crippen molar-refractivity contribution in [1.82, 2.24) is 14.4 Å². The smallest absolute Gasteiger partial charge is 0.265 e. The van der Waals surface area contributed by atoms with Crippen molar-refractivity contribution in [3.63, 3.8) is 0 Å². The van der Waals surface area contributed by atoms with Crippen LogP contribution in [0.2, 0.25) is 0 Å². The fourth-order valence-corrected chi connectivity index (χ4v) is 4.02. The molecule has 0 radical (unpaired) electrons. The molecule has 1 saturated heterocycles. The molecule has 0 saturated carbocycles. The number of methoxy groups -OCH3 is 1. The number of likely N-dealkylation sites (N-methyl/N-ethyl adjacent to an activating group) is 2. The first-order valence-electron chi connectivity index (χ1n) is 9.56. The minimum atomic E-state index is -0.346. The van der Waals surface area contributed by atoms with Gasteiger partial charge in [-0.3, -0.25) is 19.4 Å². The standard InChI is InChI=1S/C22H25N3O3S/c1-6-23-20(26)19(21(27)24(7-2)22(23)29)13-16-12-14(3)25(15(16)4)17-8-10-18(28-5)11-9-17/h8-13H,6-7H2,1-5H3. The van der Waals surface area contributed by atoms with E-state index in [9.17, 15) is 9.59 Å². The number of ether oxygens (including phenoxy) is 1. The maximum absolute atomic E-state index is 12.9. The molecule has 0 spiro atoms. The molecule has 0 N–H and O–H groups in total. The molecule has 29 heavy (non-hydrogen) atoms. The summed E-state index contributed by atoms with van der Waals surface area (Å²) >= 11 is 5.32. The monoisotopic (exact) mass is 411 g/mol. The van der Waals surface area contributed by atoms with Gasteiger partial charge in [0.25, 0.3) is 11.8 Å². The predicted molar refractivity (Wildman–Crippen MR) is 117 cm³/mol. The van der Waals surface area contributed by atoms with Crippen molar-refractivity contribution in [3.05, 3.63) is 52.9 Å². The normalized spacial score (nSPS) is 14.7. The second kappa shape index (κ2) is 8.21. The zero-order valence-electron chi connectivity index (χ0n) is 17.4. The van der Waals surface area contributed by atoms with Crippen LogP contribution in [-0.4, -0.2) is 51.5 Å². The van der Waals surface area contributed by atoms with Crippen molar-refractivity contribution < 1.29 is 14.3 Å². The molecule has 7 heteroatoms. The molecule has 2 amide bonds. The number of amides is 2. The molecule has 1 aliphatic heterocycles. The number of hydrogen-bond donors (Lipinski definition) is 0. The average Bonchev–Trinajstić information content (AvgIpc) is 2.99. The number of hydrogen-bond acceptors (Lipinski definition) is 4. The number of carbonyl (C=O) groups is 2. The molecular weight excluding hydrogens is 386 g/mol. The third kappa shape index (κ3) is 3.58. The fraction of sp³-hybridized carbons (Fsp3) is 0.318. The summed E-state index contributed by atoms with van der Waals surface area (Å²) in [7, 11) is 1.63. The van der Waals surface area contributed by atoms with E-state index < -0.39 is 0 Å². The van der Waals surface area contributed by atoms with E-state index in [1.807, 2.05) is 58.0 Å². The summed E-state index contributed by atoms with van der Waals surface area (Å²) in [6.07, 6.45) is 1.68. The van der Waals surface area contributed by atoms with Crippen LogP contribution in [0.3, 0.4) is 0 Å². The van der Waals surface area contributed by atoms with E-state index in [1.165, 1.54) is 9.80 Å². The van der Waals surface area contributed by atoms with Gasteiger partial charge in [-0.1, -0.05) is 0 Å². The van der Waals surface area contributed by atoms with Crippen LogP contribution in [0, 0.1) is 13.8 Å². The lowest BCUT2D eigenvalue weighted by molar-refractivity contribution is -0.133. The summed E-state index contributed by atoms with van der Waals surface area (Å²) < 4.78 is 7.32. The van der Waals surface area contributed by atoms with Crippen molar-refractivity contribution in [2.75, 3.05) is 20.2 Å². The lowest BCUT2D eigenvalue weighted by Gasteiger charge is -2.35. The molecular formula is C22H25N3O3S. The largest absolute Gasteiger partial charge is 0.497 e. The molecule has 2 heterocycles. The second-order valence-corrected chi connectivity index (χ2v) is 7.16. The van der Waals surface area contributed by atoms with Gasteiger partial charge in [-0.15, -0.1) is 0 Å². The Labute approximate surface area is 176 Å². The summed E-state index contributed by atoms with van der Waals surface area (Å²) in [5, 5.41) is 0.269. The lowest BCUT2D eigenvalue weighted by atomic mass is 10.1. The number of nitrogens with zero attached hydrogens (tertiary/aromatic N) is 3. The Hall–Kier alpha value is -2.93. The molecule has 0 atom stereocenters. The van der Waals surface area contributed by atoms with Gasteiger partial charge in [-0.2, -0.15) is 0 Å². The van der Waals surface area contributed by atoms with E-state index in [1.54, 1.807) is 13.2 Å². The quantitative estimate of drug-likeness (QED) is 0.429. The van der Waals surface area contributed by atoms with Gasteiger partial charge in [0, 0.05) is 30.2 Å². The highest BCUT2D eigenvalue weighted by Crippen LogP contribution is 2.26. The highest BCUT2D eigenvalue weighted by molar-refractivity contribution is 7.80. The van der Waals surface area contributed by atoms with E-state index in [-0.39, 0.29) is 22.5 Å².